The molecular weight excluding hydrogens is 335 g/mol. The number of hydrogen-bond donors (Lipinski definition) is 1. The van der Waals surface area contributed by atoms with Crippen LogP contribution in [0.2, 0.25) is 0 Å². The molecular formula is C17H18F3N3O2. The average molecular weight is 353 g/mol. The lowest BCUT2D eigenvalue weighted by Crippen LogP contribution is -2.48. The number of anilines is 1. The minimum absolute atomic E-state index is 0.138. The highest BCUT2D eigenvalue weighted by atomic mass is 19.4. The zero-order valence-corrected chi connectivity index (χ0v) is 13.8. The van der Waals surface area contributed by atoms with Crippen LogP contribution in [0.4, 0.5) is 18.9 Å². The minimum Gasteiger partial charge on any atom is -0.372 e. The number of halogens is 3. The van der Waals surface area contributed by atoms with Crippen molar-refractivity contribution in [2.75, 3.05) is 18.4 Å². The van der Waals surface area contributed by atoms with Crippen LogP contribution in [0.1, 0.15) is 19.4 Å². The van der Waals surface area contributed by atoms with Crippen LogP contribution in [-0.2, 0) is 15.7 Å². The molecule has 1 saturated heterocycles. The average Bonchev–Trinajstić information content (AvgIpc) is 2.54. The summed E-state index contributed by atoms with van der Waals surface area (Å²) in [6.45, 7) is 4.36. The van der Waals surface area contributed by atoms with Crippen LogP contribution in [0, 0.1) is 11.3 Å². The second kappa shape index (κ2) is 7.57. The van der Waals surface area contributed by atoms with Crippen LogP contribution in [0.5, 0.6) is 0 Å². The standard InChI is InChI=1S/C17H18F3N3O2/c1-11-9-23(10-12(2)25-11)16(24)13(7-21)8-22-15-5-3-4-14(6-15)17(18,19)20/h3-6,8,11-12,22H,9-10H2,1-2H3/b13-8-. The normalized spacial score (nSPS) is 21.6. The van der Waals surface area contributed by atoms with Crippen LogP contribution < -0.4 is 5.32 Å². The van der Waals surface area contributed by atoms with Gasteiger partial charge in [-0.05, 0) is 32.0 Å². The topological polar surface area (TPSA) is 65.4 Å². The number of nitrogens with one attached hydrogen (secondary N) is 1. The summed E-state index contributed by atoms with van der Waals surface area (Å²) in [5.41, 5.74) is -0.857. The van der Waals surface area contributed by atoms with Crippen LogP contribution in [0.15, 0.2) is 36.0 Å². The Hall–Kier alpha value is -2.53. The molecule has 0 bridgehead atoms. The maximum Gasteiger partial charge on any atom is 0.416 e. The van der Waals surface area contributed by atoms with Gasteiger partial charge < -0.3 is 15.0 Å². The van der Waals surface area contributed by atoms with E-state index in [1.165, 1.54) is 17.0 Å². The fourth-order valence-corrected chi connectivity index (χ4v) is 2.60. The number of carbonyl (C=O) groups excluding carboxylic acids is 1. The summed E-state index contributed by atoms with van der Waals surface area (Å²) in [5, 5.41) is 11.8. The van der Waals surface area contributed by atoms with Gasteiger partial charge in [-0.25, -0.2) is 0 Å². The molecule has 0 radical (unpaired) electrons. The molecule has 2 rings (SSSR count). The molecule has 1 aliphatic rings. The molecule has 0 spiro atoms. The molecule has 1 aromatic carbocycles. The van der Waals surface area contributed by atoms with Crippen LogP contribution in [0.25, 0.3) is 0 Å². The number of amides is 1. The van der Waals surface area contributed by atoms with Crippen molar-refractivity contribution in [1.29, 1.82) is 5.26 Å². The molecule has 1 aromatic rings. The summed E-state index contributed by atoms with van der Waals surface area (Å²) in [6, 6.07) is 6.31. The zero-order chi connectivity index (χ0) is 18.6. The number of benzene rings is 1. The summed E-state index contributed by atoms with van der Waals surface area (Å²) >= 11 is 0. The largest absolute Gasteiger partial charge is 0.416 e. The smallest absolute Gasteiger partial charge is 0.372 e. The minimum atomic E-state index is -4.46. The van der Waals surface area contributed by atoms with E-state index in [9.17, 15) is 23.2 Å². The fraction of sp³-hybridized carbons (Fsp3) is 0.412. The quantitative estimate of drug-likeness (QED) is 0.670. The van der Waals surface area contributed by atoms with E-state index in [0.717, 1.165) is 18.3 Å². The van der Waals surface area contributed by atoms with Crippen LogP contribution in [-0.4, -0.2) is 36.1 Å². The van der Waals surface area contributed by atoms with Crippen LogP contribution in [0.3, 0.4) is 0 Å². The van der Waals surface area contributed by atoms with E-state index in [4.69, 9.17) is 4.74 Å². The van der Waals surface area contributed by atoms with E-state index in [0.29, 0.717) is 13.1 Å². The maximum atomic E-state index is 12.7. The lowest BCUT2D eigenvalue weighted by Gasteiger charge is -2.35. The first kappa shape index (κ1) is 18.8. The molecule has 1 heterocycles. The third-order valence-electron chi connectivity index (χ3n) is 3.63. The Morgan fingerprint density at radius 1 is 1.36 bits per heavy atom. The first-order chi connectivity index (χ1) is 11.7. The van der Waals surface area contributed by atoms with E-state index in [1.807, 2.05) is 13.8 Å². The SMILES string of the molecule is CC1CN(C(=O)/C(C#N)=C\Nc2cccc(C(F)(F)F)c2)CC(C)O1. The van der Waals surface area contributed by atoms with Gasteiger partial charge in [0, 0.05) is 25.0 Å². The van der Waals surface area contributed by atoms with Crippen molar-refractivity contribution in [3.05, 3.63) is 41.6 Å². The Labute approximate surface area is 143 Å². The van der Waals surface area contributed by atoms with Gasteiger partial charge >= 0.3 is 6.18 Å². The molecule has 25 heavy (non-hydrogen) atoms. The molecule has 0 aliphatic carbocycles. The number of hydrogen-bond acceptors (Lipinski definition) is 4. The highest BCUT2D eigenvalue weighted by Crippen LogP contribution is 2.30. The molecule has 5 nitrogen and oxygen atoms in total. The van der Waals surface area contributed by atoms with E-state index >= 15 is 0 Å². The van der Waals surface area contributed by atoms with Gasteiger partial charge in [0.25, 0.3) is 5.91 Å². The Morgan fingerprint density at radius 2 is 2.00 bits per heavy atom. The van der Waals surface area contributed by atoms with Crippen molar-refractivity contribution in [2.24, 2.45) is 0 Å². The number of morpholine rings is 1. The first-order valence-corrected chi connectivity index (χ1v) is 7.69. The summed E-state index contributed by atoms with van der Waals surface area (Å²) in [6.07, 6.45) is -3.63. The van der Waals surface area contributed by atoms with Gasteiger partial charge in [0.05, 0.1) is 17.8 Å². The van der Waals surface area contributed by atoms with Crippen molar-refractivity contribution in [2.45, 2.75) is 32.2 Å². The van der Waals surface area contributed by atoms with Gasteiger partial charge in [0.15, 0.2) is 0 Å². The second-order valence-corrected chi connectivity index (χ2v) is 5.86. The Morgan fingerprint density at radius 3 is 2.56 bits per heavy atom. The second-order valence-electron chi connectivity index (χ2n) is 5.86. The van der Waals surface area contributed by atoms with Crippen LogP contribution >= 0.6 is 0 Å². The number of nitriles is 1. The lowest BCUT2D eigenvalue weighted by molar-refractivity contribution is -0.139. The van der Waals surface area contributed by atoms with E-state index in [1.54, 1.807) is 6.07 Å². The van der Waals surface area contributed by atoms with Crippen molar-refractivity contribution < 1.29 is 22.7 Å². The molecule has 1 fully saturated rings. The van der Waals surface area contributed by atoms with Gasteiger partial charge in [-0.2, -0.15) is 18.4 Å². The first-order valence-electron chi connectivity index (χ1n) is 7.69. The molecule has 134 valence electrons. The Bertz CT molecular complexity index is 700. The number of nitrogens with zero attached hydrogens (tertiary/aromatic N) is 2. The summed E-state index contributed by atoms with van der Waals surface area (Å²) in [4.78, 5) is 13.9. The molecule has 2 atom stereocenters. The van der Waals surface area contributed by atoms with Gasteiger partial charge in [-0.15, -0.1) is 0 Å². The highest BCUT2D eigenvalue weighted by molar-refractivity contribution is 5.97. The lowest BCUT2D eigenvalue weighted by atomic mass is 10.1. The molecule has 1 amide bonds. The monoisotopic (exact) mass is 353 g/mol. The Balaban J connectivity index is 2.13. The van der Waals surface area contributed by atoms with E-state index < -0.39 is 17.6 Å². The van der Waals surface area contributed by atoms with Gasteiger partial charge in [0.2, 0.25) is 0 Å². The number of rotatable bonds is 3. The number of carbonyl (C=O) groups is 1. The van der Waals surface area contributed by atoms with Gasteiger partial charge in [-0.3, -0.25) is 4.79 Å². The van der Waals surface area contributed by atoms with Crippen molar-refractivity contribution >= 4 is 11.6 Å². The number of alkyl halides is 3. The van der Waals surface area contributed by atoms with Gasteiger partial charge in [-0.1, -0.05) is 6.07 Å². The van der Waals surface area contributed by atoms with E-state index in [-0.39, 0.29) is 23.5 Å². The maximum absolute atomic E-state index is 12.7. The fourth-order valence-electron chi connectivity index (χ4n) is 2.60. The summed E-state index contributed by atoms with van der Waals surface area (Å²) in [7, 11) is 0. The van der Waals surface area contributed by atoms with Crippen molar-refractivity contribution in [3.8, 4) is 6.07 Å². The predicted octanol–water partition coefficient (Wildman–Crippen LogP) is 3.16. The molecule has 0 aromatic heterocycles. The number of ether oxygens (including phenoxy) is 1. The summed E-state index contributed by atoms with van der Waals surface area (Å²) < 4.78 is 43.7. The van der Waals surface area contributed by atoms with Crippen molar-refractivity contribution in [3.63, 3.8) is 0 Å². The molecule has 1 N–H and O–H groups in total. The summed E-state index contributed by atoms with van der Waals surface area (Å²) in [5.74, 6) is -0.482. The Kier molecular flexibility index (Phi) is 5.69. The molecule has 0 saturated carbocycles. The molecule has 2 unspecified atom stereocenters. The zero-order valence-electron chi connectivity index (χ0n) is 13.8. The van der Waals surface area contributed by atoms with Crippen molar-refractivity contribution in [1.82, 2.24) is 4.90 Å². The molecule has 1 aliphatic heterocycles. The third kappa shape index (κ3) is 4.97. The highest BCUT2D eigenvalue weighted by Gasteiger charge is 2.30. The third-order valence-corrected chi connectivity index (χ3v) is 3.63. The van der Waals surface area contributed by atoms with Gasteiger partial charge in [0.1, 0.15) is 11.6 Å². The van der Waals surface area contributed by atoms with E-state index in [2.05, 4.69) is 5.32 Å². The molecule has 8 heteroatoms. The predicted molar refractivity (Wildman–Crippen MR) is 85.4 cm³/mol.